The molecule has 0 bridgehead atoms. The zero-order valence-electron chi connectivity index (χ0n) is 6.41. The highest BCUT2D eigenvalue weighted by molar-refractivity contribution is 5.94. The molecule has 2 nitrogen and oxygen atoms in total. The Balaban J connectivity index is 2.78. The van der Waals surface area contributed by atoms with Crippen LogP contribution in [0.25, 0.3) is 22.4 Å². The van der Waals surface area contributed by atoms with E-state index < -0.39 is 0 Å². The van der Waals surface area contributed by atoms with Gasteiger partial charge in [-0.3, -0.25) is 5.87 Å². The van der Waals surface area contributed by atoms with Gasteiger partial charge in [0.15, 0.2) is 0 Å². The number of benzene rings is 1. The van der Waals surface area contributed by atoms with Crippen molar-refractivity contribution in [3.05, 3.63) is 41.4 Å². The molecule has 0 saturated carbocycles. The highest BCUT2D eigenvalue weighted by Gasteiger charge is 1.96. The van der Waals surface area contributed by atoms with Crippen LogP contribution in [0.4, 0.5) is 0 Å². The average Bonchev–Trinajstić information content (AvgIpc) is 2.50. The summed E-state index contributed by atoms with van der Waals surface area (Å²) in [5.74, 6) is 2.02. The first-order valence-corrected chi connectivity index (χ1v) is 3.71. The molecule has 1 aromatic carbocycles. The lowest BCUT2D eigenvalue weighted by Crippen LogP contribution is -1.66. The summed E-state index contributed by atoms with van der Waals surface area (Å²) in [7, 11) is 0. The Kier molecular flexibility index (Phi) is 1.54. The molecule has 0 saturated heterocycles. The Morgan fingerprint density at radius 2 is 2.17 bits per heavy atom. The van der Waals surface area contributed by atoms with Crippen LogP contribution in [0.2, 0.25) is 0 Å². The fraction of sp³-hybridized carbons (Fsp3) is 0. The zero-order chi connectivity index (χ0) is 8.39. The van der Waals surface area contributed by atoms with Gasteiger partial charge >= 0.3 is 0 Å². The summed E-state index contributed by atoms with van der Waals surface area (Å²) in [4.78, 5) is 3.09. The van der Waals surface area contributed by atoms with Gasteiger partial charge < -0.3 is 10.4 Å². The molecule has 12 heavy (non-hydrogen) atoms. The molecule has 0 aliphatic heterocycles. The van der Waals surface area contributed by atoms with Crippen molar-refractivity contribution in [2.45, 2.75) is 0 Å². The second-order valence-corrected chi connectivity index (χ2v) is 2.56. The second kappa shape index (κ2) is 2.68. The Hall–Kier alpha value is -1.79. The summed E-state index contributed by atoms with van der Waals surface area (Å²) in [6.07, 6.45) is 3.38. The predicted octanol–water partition coefficient (Wildman–Crippen LogP) is 2.42. The number of fused-ring (bicyclic) bond motifs is 1. The highest BCUT2D eigenvalue weighted by Crippen LogP contribution is 2.17. The van der Waals surface area contributed by atoms with Crippen LogP contribution >= 0.6 is 0 Å². The van der Waals surface area contributed by atoms with Gasteiger partial charge in [0.05, 0.1) is 0 Å². The molecule has 2 heteroatoms. The number of aromatic amines is 1. The maximum atomic E-state index is 8.48. The second-order valence-electron chi connectivity index (χ2n) is 2.56. The van der Waals surface area contributed by atoms with Gasteiger partial charge in [-0.2, -0.15) is 0 Å². The summed E-state index contributed by atoms with van der Waals surface area (Å²) >= 11 is 0. The number of nitrogens with one attached hydrogen (secondary N) is 1. The van der Waals surface area contributed by atoms with Crippen LogP contribution < -0.4 is 0 Å². The smallest absolute Gasteiger partial charge is 0.0460 e. The van der Waals surface area contributed by atoms with Gasteiger partial charge in [-0.25, -0.2) is 0 Å². The van der Waals surface area contributed by atoms with E-state index in [2.05, 4.69) is 4.98 Å². The highest BCUT2D eigenvalue weighted by atomic mass is 14.7. The maximum Gasteiger partial charge on any atom is 0.0460 e. The van der Waals surface area contributed by atoms with Crippen LogP contribution in [0.3, 0.4) is 0 Å². The third-order valence-corrected chi connectivity index (χ3v) is 1.84. The molecule has 0 fully saturated rings. The average molecular weight is 155 g/mol. The number of rotatable bonds is 1. The number of hydrogen-bond acceptors (Lipinski definition) is 0. The van der Waals surface area contributed by atoms with E-state index >= 15 is 0 Å². The van der Waals surface area contributed by atoms with E-state index in [4.69, 9.17) is 5.41 Å². The minimum atomic E-state index is 0.952. The Labute approximate surface area is 70.0 Å². The molecule has 2 rings (SSSR count). The van der Waals surface area contributed by atoms with E-state index in [1.54, 1.807) is 6.08 Å². The normalized spacial score (nSPS) is 9.67. The molecule has 1 aromatic heterocycles. The lowest BCUT2D eigenvalue weighted by molar-refractivity contribution is 1.47. The van der Waals surface area contributed by atoms with Crippen LogP contribution in [-0.2, 0) is 0 Å². The van der Waals surface area contributed by atoms with Crippen LogP contribution in [0.1, 0.15) is 5.56 Å². The van der Waals surface area contributed by atoms with Gasteiger partial charge in [0, 0.05) is 22.7 Å². The van der Waals surface area contributed by atoms with Crippen molar-refractivity contribution in [1.82, 2.24) is 4.98 Å². The number of hydrogen-bond donors (Lipinski definition) is 1. The molecule has 0 amide bonds. The van der Waals surface area contributed by atoms with Gasteiger partial charge in [0.2, 0.25) is 0 Å². The molecule has 58 valence electrons. The SMILES string of the molecule is [N-]=C=Cc1c[nH]c2ccccc12. The molecular formula is C10H7N2-. The minimum Gasteiger partial charge on any atom is -0.763 e. The van der Waals surface area contributed by atoms with Crippen molar-refractivity contribution in [2.24, 2.45) is 0 Å². The van der Waals surface area contributed by atoms with Crippen molar-refractivity contribution in [2.75, 3.05) is 0 Å². The lowest BCUT2D eigenvalue weighted by atomic mass is 10.2. The quantitative estimate of drug-likeness (QED) is 0.614. The third kappa shape index (κ3) is 0.949. The van der Waals surface area contributed by atoms with Crippen molar-refractivity contribution in [3.8, 4) is 0 Å². The predicted molar refractivity (Wildman–Crippen MR) is 51.1 cm³/mol. The van der Waals surface area contributed by atoms with E-state index in [1.807, 2.05) is 36.3 Å². The molecule has 0 aliphatic rings. The molecule has 1 heterocycles. The first kappa shape index (κ1) is 6.89. The molecule has 0 unspecified atom stereocenters. The summed E-state index contributed by atoms with van der Waals surface area (Å²) in [5.41, 5.74) is 2.02. The van der Waals surface area contributed by atoms with Crippen LogP contribution in [0, 0.1) is 0 Å². The molecule has 0 atom stereocenters. The molecule has 2 aromatic rings. The zero-order valence-corrected chi connectivity index (χ0v) is 6.41. The lowest BCUT2D eigenvalue weighted by Gasteiger charge is -1.88. The fourth-order valence-electron chi connectivity index (χ4n) is 1.28. The Morgan fingerprint density at radius 3 is 3.00 bits per heavy atom. The largest absolute Gasteiger partial charge is 0.763 e. The van der Waals surface area contributed by atoms with Gasteiger partial charge in [-0.05, 0) is 12.1 Å². The Bertz CT molecular complexity index is 448. The first-order chi connectivity index (χ1) is 5.92. The third-order valence-electron chi connectivity index (χ3n) is 1.84. The van der Waals surface area contributed by atoms with Gasteiger partial charge in [-0.15, -0.1) is 0 Å². The van der Waals surface area contributed by atoms with Crippen LogP contribution in [0.15, 0.2) is 30.5 Å². The first-order valence-electron chi connectivity index (χ1n) is 3.71. The summed E-state index contributed by atoms with van der Waals surface area (Å²) < 4.78 is 0. The van der Waals surface area contributed by atoms with Crippen molar-refractivity contribution in [3.63, 3.8) is 0 Å². The summed E-state index contributed by atoms with van der Waals surface area (Å²) in [6.45, 7) is 0. The van der Waals surface area contributed by atoms with Crippen molar-refractivity contribution >= 4 is 22.8 Å². The van der Waals surface area contributed by atoms with E-state index in [-0.39, 0.29) is 0 Å². The molecule has 0 aliphatic carbocycles. The van der Waals surface area contributed by atoms with Crippen molar-refractivity contribution in [1.29, 1.82) is 0 Å². The Morgan fingerprint density at radius 1 is 1.33 bits per heavy atom. The fourth-order valence-corrected chi connectivity index (χ4v) is 1.28. The van der Waals surface area contributed by atoms with E-state index in [0.29, 0.717) is 0 Å². The standard InChI is InChI=1S/C10H7N2/c11-6-5-8-7-12-10-4-2-1-3-9(8)10/h1-5,7,12H/q-1. The maximum absolute atomic E-state index is 8.48. The molecular weight excluding hydrogens is 148 g/mol. The number of H-pyrrole nitrogens is 1. The van der Waals surface area contributed by atoms with Crippen LogP contribution in [0.5, 0.6) is 0 Å². The minimum absolute atomic E-state index is 0.952. The van der Waals surface area contributed by atoms with E-state index in [0.717, 1.165) is 16.5 Å². The topological polar surface area (TPSA) is 38.1 Å². The van der Waals surface area contributed by atoms with Crippen LogP contribution in [-0.4, -0.2) is 10.9 Å². The monoisotopic (exact) mass is 155 g/mol. The van der Waals surface area contributed by atoms with E-state index in [9.17, 15) is 0 Å². The number of aromatic nitrogens is 1. The number of nitrogens with zero attached hydrogens (tertiary/aromatic N) is 1. The summed E-state index contributed by atoms with van der Waals surface area (Å²) in [5, 5.41) is 9.57. The van der Waals surface area contributed by atoms with Gasteiger partial charge in [0.25, 0.3) is 0 Å². The number of para-hydroxylation sites is 1. The molecule has 1 N–H and O–H groups in total. The van der Waals surface area contributed by atoms with E-state index in [1.165, 1.54) is 0 Å². The van der Waals surface area contributed by atoms with Crippen molar-refractivity contribution < 1.29 is 0 Å². The molecule has 0 radical (unpaired) electrons. The van der Waals surface area contributed by atoms with Gasteiger partial charge in [0.1, 0.15) is 0 Å². The molecule has 0 spiro atoms. The summed E-state index contributed by atoms with van der Waals surface area (Å²) in [6, 6.07) is 7.92. The van der Waals surface area contributed by atoms with Gasteiger partial charge in [-0.1, -0.05) is 18.2 Å².